The van der Waals surface area contributed by atoms with Crippen molar-refractivity contribution in [3.8, 4) is 0 Å². The molecule has 2 fully saturated rings. The normalized spacial score (nSPS) is 36.9. The number of hydrogen-bond acceptors (Lipinski definition) is 4. The highest BCUT2D eigenvalue weighted by atomic mass is 32.2. The van der Waals surface area contributed by atoms with E-state index in [1.807, 2.05) is 18.2 Å². The van der Waals surface area contributed by atoms with Gasteiger partial charge in [0.2, 0.25) is 0 Å². The molecule has 0 spiro atoms. The molecule has 0 saturated carbocycles. The van der Waals surface area contributed by atoms with E-state index in [2.05, 4.69) is 4.98 Å². The van der Waals surface area contributed by atoms with Gasteiger partial charge in [-0.2, -0.15) is 0 Å². The van der Waals surface area contributed by atoms with E-state index in [9.17, 15) is 8.42 Å². The van der Waals surface area contributed by atoms with E-state index < -0.39 is 15.4 Å². The molecular formula is C10H11NO3S. The minimum Gasteiger partial charge on any atom is -0.358 e. The summed E-state index contributed by atoms with van der Waals surface area (Å²) in [6.45, 7) is 0. The Morgan fingerprint density at radius 2 is 2.33 bits per heavy atom. The largest absolute Gasteiger partial charge is 0.358 e. The fourth-order valence-corrected chi connectivity index (χ4v) is 3.78. The molecule has 0 bridgehead atoms. The number of hydrogen-bond donors (Lipinski definition) is 0. The number of aromatic nitrogens is 1. The predicted octanol–water partition coefficient (Wildman–Crippen LogP) is 0.494. The quantitative estimate of drug-likeness (QED) is 0.653. The van der Waals surface area contributed by atoms with Crippen molar-refractivity contribution in [3.05, 3.63) is 30.1 Å². The van der Waals surface area contributed by atoms with Crippen LogP contribution < -0.4 is 0 Å². The lowest BCUT2D eigenvalue weighted by Crippen LogP contribution is -2.30. The molecule has 4 nitrogen and oxygen atoms in total. The molecule has 2 aliphatic rings. The van der Waals surface area contributed by atoms with E-state index in [4.69, 9.17) is 4.74 Å². The zero-order chi connectivity index (χ0) is 10.5. The van der Waals surface area contributed by atoms with Crippen LogP contribution in [0.25, 0.3) is 0 Å². The van der Waals surface area contributed by atoms with Crippen LogP contribution in [0, 0.1) is 0 Å². The molecule has 80 valence electrons. The Morgan fingerprint density at radius 1 is 1.47 bits per heavy atom. The maximum absolute atomic E-state index is 11.4. The highest BCUT2D eigenvalue weighted by Crippen LogP contribution is 2.51. The van der Waals surface area contributed by atoms with Gasteiger partial charge in [-0.3, -0.25) is 4.98 Å². The van der Waals surface area contributed by atoms with Crippen molar-refractivity contribution < 1.29 is 13.2 Å². The van der Waals surface area contributed by atoms with Crippen molar-refractivity contribution in [3.63, 3.8) is 0 Å². The second-order valence-corrected chi connectivity index (χ2v) is 6.30. The van der Waals surface area contributed by atoms with E-state index >= 15 is 0 Å². The molecule has 0 aromatic carbocycles. The lowest BCUT2D eigenvalue weighted by molar-refractivity contribution is 0.290. The monoisotopic (exact) mass is 225 g/mol. The van der Waals surface area contributed by atoms with Crippen molar-refractivity contribution in [2.45, 2.75) is 18.1 Å². The first-order valence-corrected chi connectivity index (χ1v) is 6.74. The van der Waals surface area contributed by atoms with Crippen molar-refractivity contribution in [2.75, 3.05) is 11.5 Å². The Bertz CT molecular complexity index is 485. The first kappa shape index (κ1) is 9.30. The molecule has 0 amide bonds. The SMILES string of the molecule is O=S1(=O)CCC2(c3ccccn3)OC2C1. The summed E-state index contributed by atoms with van der Waals surface area (Å²) >= 11 is 0. The fraction of sp³-hybridized carbons (Fsp3) is 0.500. The molecule has 2 atom stereocenters. The van der Waals surface area contributed by atoms with Crippen molar-refractivity contribution in [1.29, 1.82) is 0 Å². The molecule has 15 heavy (non-hydrogen) atoms. The number of ether oxygens (including phenoxy) is 1. The molecule has 1 aromatic rings. The second-order valence-electron chi connectivity index (χ2n) is 4.08. The molecule has 5 heteroatoms. The lowest BCUT2D eigenvalue weighted by atomic mass is 9.98. The van der Waals surface area contributed by atoms with Crippen LogP contribution in [0.15, 0.2) is 24.4 Å². The van der Waals surface area contributed by atoms with Gasteiger partial charge in [-0.25, -0.2) is 8.42 Å². The highest BCUT2D eigenvalue weighted by molar-refractivity contribution is 7.91. The van der Waals surface area contributed by atoms with Crippen LogP contribution in [0.4, 0.5) is 0 Å². The van der Waals surface area contributed by atoms with Crippen LogP contribution in [0.1, 0.15) is 12.1 Å². The Kier molecular flexibility index (Phi) is 1.73. The molecule has 0 radical (unpaired) electrons. The molecule has 1 aromatic heterocycles. The molecule has 0 aliphatic carbocycles. The minimum absolute atomic E-state index is 0.142. The standard InChI is InChI=1S/C10H11NO3S/c12-15(13)6-4-10(9(7-15)14-10)8-3-1-2-5-11-8/h1-3,5,9H,4,6-7H2. The van der Waals surface area contributed by atoms with Gasteiger partial charge < -0.3 is 4.74 Å². The molecule has 2 aliphatic heterocycles. The number of pyridine rings is 1. The van der Waals surface area contributed by atoms with Gasteiger partial charge in [0.15, 0.2) is 9.84 Å². The van der Waals surface area contributed by atoms with E-state index in [1.54, 1.807) is 6.20 Å². The number of sulfone groups is 1. The van der Waals surface area contributed by atoms with Crippen LogP contribution in [0.2, 0.25) is 0 Å². The van der Waals surface area contributed by atoms with Crippen LogP contribution >= 0.6 is 0 Å². The van der Waals surface area contributed by atoms with Gasteiger partial charge in [-0.1, -0.05) is 6.07 Å². The average Bonchev–Trinajstić information content (AvgIpc) is 2.92. The third-order valence-corrected chi connectivity index (χ3v) is 4.74. The molecule has 3 heterocycles. The molecule has 2 unspecified atom stereocenters. The highest BCUT2D eigenvalue weighted by Gasteiger charge is 2.62. The summed E-state index contributed by atoms with van der Waals surface area (Å²) in [6.07, 6.45) is 2.08. The van der Waals surface area contributed by atoms with Crippen molar-refractivity contribution >= 4 is 9.84 Å². The summed E-state index contributed by atoms with van der Waals surface area (Å²) in [5.74, 6) is 0.351. The van der Waals surface area contributed by atoms with Crippen LogP contribution in [-0.2, 0) is 20.2 Å². The third-order valence-electron chi connectivity index (χ3n) is 3.10. The van der Waals surface area contributed by atoms with E-state index in [0.29, 0.717) is 6.42 Å². The zero-order valence-corrected chi connectivity index (χ0v) is 8.90. The lowest BCUT2D eigenvalue weighted by Gasteiger charge is -2.16. The summed E-state index contributed by atoms with van der Waals surface area (Å²) in [4.78, 5) is 4.24. The Labute approximate surface area is 88.2 Å². The summed E-state index contributed by atoms with van der Waals surface area (Å²) in [5, 5.41) is 0. The first-order valence-electron chi connectivity index (χ1n) is 4.92. The number of rotatable bonds is 1. The summed E-state index contributed by atoms with van der Waals surface area (Å²) in [6, 6.07) is 5.65. The predicted molar refractivity (Wildman–Crippen MR) is 54.1 cm³/mol. The van der Waals surface area contributed by atoms with Crippen LogP contribution in [0.3, 0.4) is 0 Å². The van der Waals surface area contributed by atoms with Gasteiger partial charge in [0.05, 0.1) is 17.2 Å². The first-order chi connectivity index (χ1) is 7.12. The van der Waals surface area contributed by atoms with Crippen LogP contribution in [0.5, 0.6) is 0 Å². The maximum atomic E-state index is 11.4. The average molecular weight is 225 g/mol. The molecule has 3 rings (SSSR count). The Morgan fingerprint density at radius 3 is 3.00 bits per heavy atom. The van der Waals surface area contributed by atoms with Gasteiger partial charge in [-0.05, 0) is 18.6 Å². The number of fused-ring (bicyclic) bond motifs is 1. The van der Waals surface area contributed by atoms with Gasteiger partial charge in [0.25, 0.3) is 0 Å². The smallest absolute Gasteiger partial charge is 0.153 e. The Hall–Kier alpha value is -0.940. The van der Waals surface area contributed by atoms with Gasteiger partial charge in [0, 0.05) is 6.20 Å². The summed E-state index contributed by atoms with van der Waals surface area (Å²) < 4.78 is 28.3. The zero-order valence-electron chi connectivity index (χ0n) is 8.09. The topological polar surface area (TPSA) is 59.6 Å². The molecule has 2 saturated heterocycles. The molecule has 0 N–H and O–H groups in total. The van der Waals surface area contributed by atoms with Gasteiger partial charge in [-0.15, -0.1) is 0 Å². The minimum atomic E-state index is -2.89. The number of nitrogens with zero attached hydrogens (tertiary/aromatic N) is 1. The summed E-state index contributed by atoms with van der Waals surface area (Å²) in [7, 11) is -2.89. The molecular weight excluding hydrogens is 214 g/mol. The second kappa shape index (κ2) is 2.80. The van der Waals surface area contributed by atoms with Gasteiger partial charge >= 0.3 is 0 Å². The van der Waals surface area contributed by atoms with Crippen molar-refractivity contribution in [2.24, 2.45) is 0 Å². The van der Waals surface area contributed by atoms with Crippen LogP contribution in [-0.4, -0.2) is 31.0 Å². The van der Waals surface area contributed by atoms with Crippen molar-refractivity contribution in [1.82, 2.24) is 4.98 Å². The van der Waals surface area contributed by atoms with E-state index in [-0.39, 0.29) is 17.6 Å². The third kappa shape index (κ3) is 1.38. The fourth-order valence-electron chi connectivity index (χ4n) is 2.20. The summed E-state index contributed by atoms with van der Waals surface area (Å²) in [5.41, 5.74) is 0.469. The Balaban J connectivity index is 1.93. The van der Waals surface area contributed by atoms with Gasteiger partial charge in [0.1, 0.15) is 11.7 Å². The maximum Gasteiger partial charge on any atom is 0.153 e. The number of epoxide rings is 1. The van der Waals surface area contributed by atoms with E-state index in [1.165, 1.54) is 0 Å². The van der Waals surface area contributed by atoms with E-state index in [0.717, 1.165) is 5.69 Å².